The smallest absolute Gasteiger partial charge is 0.290 e. The van der Waals surface area contributed by atoms with Gasteiger partial charge in [-0.3, -0.25) is 9.69 Å². The Balaban J connectivity index is 0.000000677. The van der Waals surface area contributed by atoms with Gasteiger partial charge in [-0.15, -0.1) is 0 Å². The maximum Gasteiger partial charge on any atom is 0.290 e. The van der Waals surface area contributed by atoms with Crippen LogP contribution in [0.5, 0.6) is 11.5 Å². The summed E-state index contributed by atoms with van der Waals surface area (Å²) in [6.45, 7) is 3.93. The first-order valence-corrected chi connectivity index (χ1v) is 6.89. The Morgan fingerprint density at radius 3 is 2.33 bits per heavy atom. The van der Waals surface area contributed by atoms with E-state index in [4.69, 9.17) is 19.4 Å². The van der Waals surface area contributed by atoms with Gasteiger partial charge < -0.3 is 14.6 Å². The molecule has 5 nitrogen and oxygen atoms in total. The van der Waals surface area contributed by atoms with E-state index in [0.29, 0.717) is 6.04 Å². The fourth-order valence-corrected chi connectivity index (χ4v) is 2.38. The third-order valence-electron chi connectivity index (χ3n) is 3.38. The molecule has 1 aliphatic rings. The minimum Gasteiger partial charge on any atom is -0.497 e. The van der Waals surface area contributed by atoms with Gasteiger partial charge in [0.25, 0.3) is 6.47 Å². The number of hydrogen-bond donors (Lipinski definition) is 1. The Morgan fingerprint density at radius 2 is 1.86 bits per heavy atom. The molecule has 0 saturated carbocycles. The number of ether oxygens (including phenoxy) is 2. The molecule has 1 N–H and O–H groups in total. The van der Waals surface area contributed by atoms with E-state index in [-0.39, 0.29) is 6.47 Å². The van der Waals surface area contributed by atoms with Crippen molar-refractivity contribution < 1.29 is 19.4 Å². The fraction of sp³-hybridized carbons (Fsp3) is 0.438. The van der Waals surface area contributed by atoms with E-state index in [9.17, 15) is 0 Å². The number of carboxylic acid groups (broad SMARTS) is 1. The van der Waals surface area contributed by atoms with Crippen LogP contribution in [0.4, 0.5) is 0 Å². The van der Waals surface area contributed by atoms with Gasteiger partial charge in [-0.05, 0) is 24.1 Å². The molecular weight excluding hydrogens is 270 g/mol. The van der Waals surface area contributed by atoms with Gasteiger partial charge in [0.05, 0.1) is 14.2 Å². The predicted octanol–water partition coefficient (Wildman–Crippen LogP) is 2.56. The average molecular weight is 293 g/mol. The summed E-state index contributed by atoms with van der Waals surface area (Å²) < 4.78 is 10.6. The van der Waals surface area contributed by atoms with Crippen molar-refractivity contribution in [2.75, 3.05) is 20.8 Å². The highest BCUT2D eigenvalue weighted by Gasteiger charge is 2.18. The van der Waals surface area contributed by atoms with Crippen molar-refractivity contribution in [3.8, 4) is 11.5 Å². The van der Waals surface area contributed by atoms with Crippen molar-refractivity contribution in [2.45, 2.75) is 25.9 Å². The molecule has 0 spiro atoms. The van der Waals surface area contributed by atoms with Crippen molar-refractivity contribution >= 4 is 6.47 Å². The highest BCUT2D eigenvalue weighted by atomic mass is 16.5. The maximum absolute atomic E-state index is 8.36. The van der Waals surface area contributed by atoms with Gasteiger partial charge in [-0.2, -0.15) is 0 Å². The van der Waals surface area contributed by atoms with E-state index in [1.54, 1.807) is 14.2 Å². The fourth-order valence-electron chi connectivity index (χ4n) is 2.38. The molecule has 5 heteroatoms. The zero-order chi connectivity index (χ0) is 15.7. The normalized spacial score (nSPS) is 17.0. The van der Waals surface area contributed by atoms with Crippen molar-refractivity contribution in [2.24, 2.45) is 0 Å². The van der Waals surface area contributed by atoms with Gasteiger partial charge in [0.1, 0.15) is 11.5 Å². The molecule has 116 valence electrons. The summed E-state index contributed by atoms with van der Waals surface area (Å²) in [7, 11) is 3.37. The summed E-state index contributed by atoms with van der Waals surface area (Å²) in [5.41, 5.74) is 1.23. The second-order valence-corrected chi connectivity index (χ2v) is 4.66. The highest BCUT2D eigenvalue weighted by Crippen LogP contribution is 2.25. The first-order chi connectivity index (χ1) is 10.2. The largest absolute Gasteiger partial charge is 0.497 e. The lowest BCUT2D eigenvalue weighted by molar-refractivity contribution is -0.122. The molecule has 0 amide bonds. The Hall–Kier alpha value is -2.01. The van der Waals surface area contributed by atoms with Crippen LogP contribution in [0.3, 0.4) is 0 Å². The topological polar surface area (TPSA) is 59.0 Å². The molecule has 1 unspecified atom stereocenters. The molecule has 1 heterocycles. The van der Waals surface area contributed by atoms with Gasteiger partial charge in [0.2, 0.25) is 0 Å². The summed E-state index contributed by atoms with van der Waals surface area (Å²) in [4.78, 5) is 10.8. The van der Waals surface area contributed by atoms with E-state index < -0.39 is 0 Å². The summed E-state index contributed by atoms with van der Waals surface area (Å²) in [6, 6.07) is 6.62. The molecule has 1 aromatic rings. The third kappa shape index (κ3) is 5.11. The van der Waals surface area contributed by atoms with E-state index in [0.717, 1.165) is 31.0 Å². The average Bonchev–Trinajstić information content (AvgIpc) is 2.94. The first kappa shape index (κ1) is 17.0. The molecule has 2 rings (SSSR count). The minimum atomic E-state index is -0.250. The van der Waals surface area contributed by atoms with Gasteiger partial charge in [0, 0.05) is 25.2 Å². The molecule has 1 atom stereocenters. The van der Waals surface area contributed by atoms with E-state index in [1.807, 2.05) is 6.07 Å². The number of nitrogens with zero attached hydrogens (tertiary/aromatic N) is 1. The Morgan fingerprint density at radius 1 is 1.29 bits per heavy atom. The minimum absolute atomic E-state index is 0.250. The molecule has 1 aliphatic heterocycles. The quantitative estimate of drug-likeness (QED) is 0.668. The van der Waals surface area contributed by atoms with Crippen molar-refractivity contribution in [3.05, 3.63) is 35.9 Å². The van der Waals surface area contributed by atoms with Crippen LogP contribution < -0.4 is 9.47 Å². The van der Waals surface area contributed by atoms with E-state index in [1.165, 1.54) is 5.56 Å². The lowest BCUT2D eigenvalue weighted by Crippen LogP contribution is -2.28. The first-order valence-electron chi connectivity index (χ1n) is 6.89. The molecule has 0 aliphatic carbocycles. The van der Waals surface area contributed by atoms with Crippen LogP contribution in [0, 0.1) is 0 Å². The molecule has 0 aromatic heterocycles. The number of methoxy groups -OCH3 is 2. The van der Waals surface area contributed by atoms with Gasteiger partial charge in [-0.1, -0.05) is 19.1 Å². The number of rotatable bonds is 5. The van der Waals surface area contributed by atoms with Gasteiger partial charge in [-0.25, -0.2) is 0 Å². The second-order valence-electron chi connectivity index (χ2n) is 4.66. The Labute approximate surface area is 125 Å². The summed E-state index contributed by atoms with van der Waals surface area (Å²) >= 11 is 0. The lowest BCUT2D eigenvalue weighted by atomic mass is 10.1. The van der Waals surface area contributed by atoms with Crippen LogP contribution >= 0.6 is 0 Å². The van der Waals surface area contributed by atoms with Crippen molar-refractivity contribution in [3.63, 3.8) is 0 Å². The third-order valence-corrected chi connectivity index (χ3v) is 3.38. The van der Waals surface area contributed by atoms with Crippen molar-refractivity contribution in [1.29, 1.82) is 0 Å². The van der Waals surface area contributed by atoms with E-state index >= 15 is 0 Å². The molecule has 0 fully saturated rings. The zero-order valence-electron chi connectivity index (χ0n) is 12.8. The highest BCUT2D eigenvalue weighted by molar-refractivity contribution is 5.38. The summed E-state index contributed by atoms with van der Waals surface area (Å²) in [5.74, 6) is 1.70. The number of hydrogen-bond acceptors (Lipinski definition) is 4. The van der Waals surface area contributed by atoms with Crippen LogP contribution in [0.2, 0.25) is 0 Å². The van der Waals surface area contributed by atoms with Crippen LogP contribution in [0.1, 0.15) is 18.9 Å². The number of carbonyl (C=O) groups is 1. The molecule has 1 aromatic carbocycles. The zero-order valence-corrected chi connectivity index (χ0v) is 12.8. The molecule has 0 radical (unpaired) electrons. The summed E-state index contributed by atoms with van der Waals surface area (Å²) in [5, 5.41) is 6.89. The maximum atomic E-state index is 8.36. The monoisotopic (exact) mass is 293 g/mol. The summed E-state index contributed by atoms with van der Waals surface area (Å²) in [6.07, 6.45) is 5.68. The Bertz CT molecular complexity index is 451. The molecule has 0 saturated heterocycles. The van der Waals surface area contributed by atoms with Crippen LogP contribution in [-0.4, -0.2) is 43.3 Å². The molecule has 21 heavy (non-hydrogen) atoms. The van der Waals surface area contributed by atoms with Crippen LogP contribution in [0.15, 0.2) is 30.4 Å². The predicted molar refractivity (Wildman–Crippen MR) is 81.9 cm³/mol. The Kier molecular flexibility index (Phi) is 7.32. The van der Waals surface area contributed by atoms with Crippen LogP contribution in [0.25, 0.3) is 0 Å². The van der Waals surface area contributed by atoms with E-state index in [2.05, 4.69) is 36.1 Å². The second kappa shape index (κ2) is 9.02. The standard InChI is InChI=1S/C15H21NO2.CH2O2/c1-4-13-6-5-7-16(13)11-12-8-14(17-2)10-15(9-12)18-3;2-1-3/h5-6,8-10,13H,4,7,11H2,1-3H3;1H,(H,2,3). The molecule has 0 bridgehead atoms. The van der Waals surface area contributed by atoms with Crippen molar-refractivity contribution in [1.82, 2.24) is 4.90 Å². The van der Waals surface area contributed by atoms with Crippen LogP contribution in [-0.2, 0) is 11.3 Å². The SMILES string of the molecule is CCC1C=CCN1Cc1cc(OC)cc(OC)c1.O=CO. The van der Waals surface area contributed by atoms with Gasteiger partial charge in [0.15, 0.2) is 0 Å². The molecular formula is C16H23NO4. The lowest BCUT2D eigenvalue weighted by Gasteiger charge is -2.23. The number of benzene rings is 1. The van der Waals surface area contributed by atoms with Gasteiger partial charge >= 0.3 is 0 Å².